The van der Waals surface area contributed by atoms with E-state index in [-0.39, 0.29) is 22.8 Å². The van der Waals surface area contributed by atoms with E-state index < -0.39 is 11.7 Å². The first-order valence-corrected chi connectivity index (χ1v) is 6.75. The Bertz CT molecular complexity index is 530. The molecule has 1 heterocycles. The van der Waals surface area contributed by atoms with Gasteiger partial charge in [-0.3, -0.25) is 4.79 Å². The van der Waals surface area contributed by atoms with Crippen molar-refractivity contribution >= 4 is 23.1 Å². The minimum absolute atomic E-state index is 0.136. The number of carbonyl (C=O) groups excluding carboxylic acids is 1. The van der Waals surface area contributed by atoms with E-state index in [0.717, 1.165) is 12.1 Å². The predicted molar refractivity (Wildman–Crippen MR) is 72.1 cm³/mol. The molecule has 2 atom stereocenters. The molecular formula is C14H15ClF3NO. The normalized spacial score (nSPS) is 24.1. The van der Waals surface area contributed by atoms with Crippen LogP contribution in [0.3, 0.4) is 0 Å². The van der Waals surface area contributed by atoms with E-state index in [1.807, 2.05) is 6.92 Å². The van der Waals surface area contributed by atoms with Crippen molar-refractivity contribution in [3.63, 3.8) is 0 Å². The van der Waals surface area contributed by atoms with Crippen LogP contribution in [0.4, 0.5) is 18.9 Å². The van der Waals surface area contributed by atoms with Gasteiger partial charge in [-0.15, -0.1) is 0 Å². The van der Waals surface area contributed by atoms with Gasteiger partial charge in [0.15, 0.2) is 0 Å². The number of alkyl halides is 3. The van der Waals surface area contributed by atoms with E-state index in [0.29, 0.717) is 18.7 Å². The average molecular weight is 306 g/mol. The van der Waals surface area contributed by atoms with Crippen LogP contribution in [-0.2, 0) is 11.0 Å². The molecule has 1 aliphatic rings. The van der Waals surface area contributed by atoms with Crippen LogP contribution in [-0.4, -0.2) is 18.4 Å². The average Bonchev–Trinajstić information content (AvgIpc) is 2.36. The lowest BCUT2D eigenvalue weighted by Gasteiger charge is -2.39. The van der Waals surface area contributed by atoms with Crippen LogP contribution in [0.1, 0.15) is 25.8 Å². The summed E-state index contributed by atoms with van der Waals surface area (Å²) in [5, 5.41) is 0.270. The zero-order valence-electron chi connectivity index (χ0n) is 11.2. The Balaban J connectivity index is 2.39. The molecule has 0 N–H and O–H groups in total. The number of hydrogen-bond acceptors (Lipinski definition) is 2. The molecule has 0 saturated carbocycles. The minimum atomic E-state index is -4.40. The fourth-order valence-electron chi connectivity index (χ4n) is 2.45. The summed E-state index contributed by atoms with van der Waals surface area (Å²) in [5.74, 6) is -0.0776. The fraction of sp³-hybridized carbons (Fsp3) is 0.500. The number of piperidine rings is 1. The molecule has 0 aromatic heterocycles. The predicted octanol–water partition coefficient (Wildman–Crippen LogP) is 4.16. The number of halogens is 4. The first-order valence-electron chi connectivity index (χ1n) is 6.38. The van der Waals surface area contributed by atoms with Gasteiger partial charge in [-0.2, -0.15) is 13.2 Å². The van der Waals surface area contributed by atoms with Crippen molar-refractivity contribution in [2.45, 2.75) is 32.5 Å². The van der Waals surface area contributed by atoms with Crippen LogP contribution in [0.25, 0.3) is 0 Å². The molecule has 0 spiro atoms. The zero-order valence-corrected chi connectivity index (χ0v) is 11.9. The summed E-state index contributed by atoms with van der Waals surface area (Å²) < 4.78 is 38.4. The quantitative estimate of drug-likeness (QED) is 0.776. The third kappa shape index (κ3) is 2.77. The van der Waals surface area contributed by atoms with Crippen LogP contribution >= 0.6 is 11.6 Å². The summed E-state index contributed by atoms with van der Waals surface area (Å²) >= 11 is 6.04. The van der Waals surface area contributed by atoms with Crippen LogP contribution in [0.5, 0.6) is 0 Å². The number of rotatable bonds is 1. The molecule has 6 heteroatoms. The van der Waals surface area contributed by atoms with E-state index in [9.17, 15) is 18.0 Å². The minimum Gasteiger partial charge on any atom is -0.366 e. The Labute approximate surface area is 120 Å². The molecule has 1 fully saturated rings. The van der Waals surface area contributed by atoms with Gasteiger partial charge >= 0.3 is 6.18 Å². The molecule has 110 valence electrons. The highest BCUT2D eigenvalue weighted by Gasteiger charge is 2.35. The van der Waals surface area contributed by atoms with Crippen molar-refractivity contribution in [2.75, 3.05) is 11.4 Å². The number of benzene rings is 1. The van der Waals surface area contributed by atoms with Gasteiger partial charge in [-0.25, -0.2) is 0 Å². The van der Waals surface area contributed by atoms with Gasteiger partial charge in [0.2, 0.25) is 0 Å². The van der Waals surface area contributed by atoms with E-state index in [1.165, 1.54) is 6.07 Å². The zero-order chi connectivity index (χ0) is 15.1. The van der Waals surface area contributed by atoms with E-state index in [1.54, 1.807) is 11.8 Å². The summed E-state index contributed by atoms with van der Waals surface area (Å²) in [7, 11) is 0. The molecule has 0 radical (unpaired) electrons. The maximum atomic E-state index is 12.8. The van der Waals surface area contributed by atoms with Gasteiger partial charge in [-0.05, 0) is 25.1 Å². The second-order valence-corrected chi connectivity index (χ2v) is 5.51. The Hall–Kier alpha value is -1.23. The highest BCUT2D eigenvalue weighted by atomic mass is 35.5. The molecule has 2 unspecified atom stereocenters. The second kappa shape index (κ2) is 5.28. The summed E-state index contributed by atoms with van der Waals surface area (Å²) in [6.07, 6.45) is -4.07. The summed E-state index contributed by atoms with van der Waals surface area (Å²) in [6, 6.07) is 3.11. The second-order valence-electron chi connectivity index (χ2n) is 5.10. The standard InChI is InChI=1S/C14H15ClF3NO/c1-8-9(2)19(6-5-13(8)20)12-7-10(14(16,17)18)3-4-11(12)15/h3-4,7-9H,5-6H2,1-2H3. The van der Waals surface area contributed by atoms with Crippen molar-refractivity contribution < 1.29 is 18.0 Å². The van der Waals surface area contributed by atoms with Crippen LogP contribution in [0, 0.1) is 5.92 Å². The molecule has 1 aliphatic heterocycles. The Morgan fingerprint density at radius 2 is 1.95 bits per heavy atom. The van der Waals surface area contributed by atoms with Crippen molar-refractivity contribution in [3.05, 3.63) is 28.8 Å². The maximum Gasteiger partial charge on any atom is 0.416 e. The van der Waals surface area contributed by atoms with Crippen LogP contribution < -0.4 is 4.90 Å². The molecule has 2 nitrogen and oxygen atoms in total. The first kappa shape index (κ1) is 15.2. The monoisotopic (exact) mass is 305 g/mol. The lowest BCUT2D eigenvalue weighted by atomic mass is 9.90. The highest BCUT2D eigenvalue weighted by Crippen LogP contribution is 2.37. The molecule has 0 aliphatic carbocycles. The first-order chi connectivity index (χ1) is 9.21. The van der Waals surface area contributed by atoms with Gasteiger partial charge in [0, 0.05) is 24.9 Å². The summed E-state index contributed by atoms with van der Waals surface area (Å²) in [6.45, 7) is 4.02. The van der Waals surface area contributed by atoms with Crippen molar-refractivity contribution in [3.8, 4) is 0 Å². The number of ketones is 1. The molecule has 20 heavy (non-hydrogen) atoms. The van der Waals surface area contributed by atoms with Gasteiger partial charge in [-0.1, -0.05) is 18.5 Å². The third-order valence-electron chi connectivity index (χ3n) is 3.91. The molecule has 2 rings (SSSR count). The fourth-order valence-corrected chi connectivity index (χ4v) is 2.68. The topological polar surface area (TPSA) is 20.3 Å². The SMILES string of the molecule is CC1C(=O)CCN(c2cc(C(F)(F)F)ccc2Cl)C1C. The van der Waals surface area contributed by atoms with Gasteiger partial charge in [0.05, 0.1) is 16.3 Å². The summed E-state index contributed by atoms with van der Waals surface area (Å²) in [5.41, 5.74) is -0.387. The molecule has 1 aromatic rings. The van der Waals surface area contributed by atoms with Gasteiger partial charge in [0.1, 0.15) is 5.78 Å². The number of Topliss-reactive ketones (excluding diaryl/α,β-unsaturated/α-hetero) is 1. The Morgan fingerprint density at radius 3 is 2.55 bits per heavy atom. The smallest absolute Gasteiger partial charge is 0.366 e. The number of nitrogens with zero attached hydrogens (tertiary/aromatic N) is 1. The molecule has 1 saturated heterocycles. The van der Waals surface area contributed by atoms with Gasteiger partial charge < -0.3 is 4.90 Å². The largest absolute Gasteiger partial charge is 0.416 e. The lowest BCUT2D eigenvalue weighted by Crippen LogP contribution is -2.47. The molecule has 0 bridgehead atoms. The Morgan fingerprint density at radius 1 is 1.30 bits per heavy atom. The molecule has 1 aromatic carbocycles. The lowest BCUT2D eigenvalue weighted by molar-refractivity contribution is -0.137. The molecular weight excluding hydrogens is 291 g/mol. The maximum absolute atomic E-state index is 12.8. The van der Waals surface area contributed by atoms with E-state index in [4.69, 9.17) is 11.6 Å². The highest BCUT2D eigenvalue weighted by molar-refractivity contribution is 6.33. The van der Waals surface area contributed by atoms with Crippen molar-refractivity contribution in [1.29, 1.82) is 0 Å². The van der Waals surface area contributed by atoms with Crippen LogP contribution in [0.2, 0.25) is 5.02 Å². The molecule has 0 amide bonds. The number of hydrogen-bond donors (Lipinski definition) is 0. The van der Waals surface area contributed by atoms with Gasteiger partial charge in [0.25, 0.3) is 0 Å². The third-order valence-corrected chi connectivity index (χ3v) is 4.22. The van der Waals surface area contributed by atoms with Crippen molar-refractivity contribution in [1.82, 2.24) is 0 Å². The number of carbonyl (C=O) groups is 1. The Kier molecular flexibility index (Phi) is 4.00. The van der Waals surface area contributed by atoms with E-state index >= 15 is 0 Å². The van der Waals surface area contributed by atoms with Crippen LogP contribution in [0.15, 0.2) is 18.2 Å². The summed E-state index contributed by atoms with van der Waals surface area (Å²) in [4.78, 5) is 13.4. The van der Waals surface area contributed by atoms with Crippen molar-refractivity contribution in [2.24, 2.45) is 5.92 Å². The van der Waals surface area contributed by atoms with E-state index in [2.05, 4.69) is 0 Å². The number of anilines is 1.